The molecule has 0 fully saturated rings. The first-order chi connectivity index (χ1) is 6.74. The van der Waals surface area contributed by atoms with Crippen molar-refractivity contribution < 1.29 is 18.6 Å². The van der Waals surface area contributed by atoms with Crippen LogP contribution < -0.4 is 14.8 Å². The molecule has 0 radical (unpaired) electrons. The molecule has 0 spiro atoms. The molecule has 1 atom stereocenters. The van der Waals surface area contributed by atoms with Gasteiger partial charge in [0, 0.05) is 0 Å². The molecule has 0 heterocycles. The number of methoxy groups -OCH3 is 2. The van der Waals surface area contributed by atoms with Gasteiger partial charge >= 0.3 is 13.3 Å². The van der Waals surface area contributed by atoms with Crippen molar-refractivity contribution in [2.75, 3.05) is 21.3 Å². The van der Waals surface area contributed by atoms with Crippen molar-refractivity contribution in [3.05, 3.63) is 18.2 Å². The van der Waals surface area contributed by atoms with E-state index in [0.29, 0.717) is 16.8 Å². The highest BCUT2D eigenvalue weighted by atomic mass is 31.1. The third kappa shape index (κ3) is 2.03. The minimum absolute atomic E-state index is 0.454. The quantitative estimate of drug-likeness (QED) is 0.717. The van der Waals surface area contributed by atoms with Crippen molar-refractivity contribution in [2.45, 2.75) is 0 Å². The summed E-state index contributed by atoms with van der Waals surface area (Å²) in [6.45, 7) is 0. The summed E-state index contributed by atoms with van der Waals surface area (Å²) in [5.41, 5.74) is 0. The Kier molecular flexibility index (Phi) is 3.86. The average Bonchev–Trinajstić information content (AvgIpc) is 2.26. The molecule has 0 aliphatic carbocycles. The Morgan fingerprint density at radius 2 is 1.57 bits per heavy atom. The van der Waals surface area contributed by atoms with Gasteiger partial charge < -0.3 is 9.47 Å². The van der Waals surface area contributed by atoms with Crippen molar-refractivity contribution in [2.24, 2.45) is 0 Å². The molecule has 0 aliphatic heterocycles. The maximum Gasteiger partial charge on any atom is 0.556 e. The van der Waals surface area contributed by atoms with Gasteiger partial charge in [0.2, 0.25) is 0 Å². The molecule has 14 heavy (non-hydrogen) atoms. The van der Waals surface area contributed by atoms with Crippen LogP contribution in [0.4, 0.5) is 0 Å². The van der Waals surface area contributed by atoms with E-state index < -0.39 is 8.03 Å². The molecule has 1 unspecified atom stereocenters. The standard InChI is InChI=1S/C9H12O4P/c1-11-7-5-4-6-8(12-2)9(7)14(10)13-3/h4-6H,1-3H3/q+1. The lowest BCUT2D eigenvalue weighted by Crippen LogP contribution is -2.07. The van der Waals surface area contributed by atoms with Crippen LogP contribution in [0.25, 0.3) is 0 Å². The van der Waals surface area contributed by atoms with Crippen LogP contribution in [-0.2, 0) is 9.09 Å². The van der Waals surface area contributed by atoms with Crippen LogP contribution in [0.5, 0.6) is 11.5 Å². The van der Waals surface area contributed by atoms with Crippen molar-refractivity contribution in [1.82, 2.24) is 0 Å². The Labute approximate surface area is 83.7 Å². The van der Waals surface area contributed by atoms with Crippen molar-refractivity contribution >= 4 is 13.3 Å². The Bertz CT molecular complexity index is 315. The van der Waals surface area contributed by atoms with E-state index in [0.717, 1.165) is 0 Å². The van der Waals surface area contributed by atoms with Gasteiger partial charge in [-0.2, -0.15) is 0 Å². The molecular formula is C9H12O4P+. The fourth-order valence-corrected chi connectivity index (χ4v) is 1.98. The molecule has 1 aromatic carbocycles. The maximum atomic E-state index is 11.5. The second-order valence-corrected chi connectivity index (χ2v) is 3.78. The molecule has 0 N–H and O–H groups in total. The minimum atomic E-state index is -1.93. The van der Waals surface area contributed by atoms with E-state index in [-0.39, 0.29) is 0 Å². The number of hydrogen-bond acceptors (Lipinski definition) is 4. The summed E-state index contributed by atoms with van der Waals surface area (Å²) in [6.07, 6.45) is 0. The molecular weight excluding hydrogens is 203 g/mol. The van der Waals surface area contributed by atoms with E-state index in [9.17, 15) is 4.57 Å². The Morgan fingerprint density at radius 3 is 1.93 bits per heavy atom. The van der Waals surface area contributed by atoms with Crippen LogP contribution in [0.2, 0.25) is 0 Å². The van der Waals surface area contributed by atoms with E-state index in [2.05, 4.69) is 0 Å². The lowest BCUT2D eigenvalue weighted by molar-refractivity contribution is 0.392. The molecule has 0 saturated heterocycles. The highest BCUT2D eigenvalue weighted by molar-refractivity contribution is 7.49. The third-order valence-corrected chi connectivity index (χ3v) is 2.89. The molecule has 76 valence electrons. The largest absolute Gasteiger partial charge is 0.556 e. The van der Waals surface area contributed by atoms with Gasteiger partial charge in [0.1, 0.15) is 0 Å². The van der Waals surface area contributed by atoms with E-state index in [4.69, 9.17) is 14.0 Å². The van der Waals surface area contributed by atoms with Crippen LogP contribution >= 0.6 is 8.03 Å². The molecule has 1 rings (SSSR count). The van der Waals surface area contributed by atoms with Crippen LogP contribution in [0.15, 0.2) is 18.2 Å². The first-order valence-electron chi connectivity index (χ1n) is 3.97. The van der Waals surface area contributed by atoms with E-state index in [1.165, 1.54) is 21.3 Å². The lowest BCUT2D eigenvalue weighted by atomic mass is 10.3. The lowest BCUT2D eigenvalue weighted by Gasteiger charge is -2.03. The van der Waals surface area contributed by atoms with Gasteiger partial charge in [-0.05, 0) is 16.7 Å². The first kappa shape index (κ1) is 11.0. The van der Waals surface area contributed by atoms with Gasteiger partial charge in [-0.1, -0.05) is 6.07 Å². The molecule has 0 aliphatic rings. The topological polar surface area (TPSA) is 44.8 Å². The molecule has 4 nitrogen and oxygen atoms in total. The SMILES string of the molecule is COc1cccc(OC)c1[P+](=O)OC. The van der Waals surface area contributed by atoms with Gasteiger partial charge in [-0.25, -0.2) is 0 Å². The molecule has 0 aromatic heterocycles. The predicted octanol–water partition coefficient (Wildman–Crippen LogP) is 1.72. The molecule has 0 bridgehead atoms. The zero-order valence-electron chi connectivity index (χ0n) is 8.31. The van der Waals surface area contributed by atoms with E-state index in [1.807, 2.05) is 0 Å². The Morgan fingerprint density at radius 1 is 1.07 bits per heavy atom. The summed E-state index contributed by atoms with van der Waals surface area (Å²) in [4.78, 5) is 0. The van der Waals surface area contributed by atoms with Crippen LogP contribution in [0.3, 0.4) is 0 Å². The summed E-state index contributed by atoms with van der Waals surface area (Å²) in [5.74, 6) is 1.01. The van der Waals surface area contributed by atoms with Crippen LogP contribution in [0, 0.1) is 0 Å². The summed E-state index contributed by atoms with van der Waals surface area (Å²) in [6, 6.07) is 5.19. The number of benzene rings is 1. The summed E-state index contributed by atoms with van der Waals surface area (Å²) in [5, 5.41) is 0.454. The van der Waals surface area contributed by atoms with Crippen molar-refractivity contribution in [3.63, 3.8) is 0 Å². The zero-order chi connectivity index (χ0) is 10.6. The molecule has 0 amide bonds. The highest BCUT2D eigenvalue weighted by Crippen LogP contribution is 2.31. The summed E-state index contributed by atoms with van der Waals surface area (Å²) < 4.78 is 26.4. The van der Waals surface area contributed by atoms with Gasteiger partial charge in [0.15, 0.2) is 11.5 Å². The van der Waals surface area contributed by atoms with Gasteiger partial charge in [0.05, 0.1) is 21.3 Å². The first-order valence-corrected chi connectivity index (χ1v) is 5.14. The van der Waals surface area contributed by atoms with Crippen LogP contribution in [-0.4, -0.2) is 21.3 Å². The number of hydrogen-bond donors (Lipinski definition) is 0. The third-order valence-electron chi connectivity index (χ3n) is 1.75. The van der Waals surface area contributed by atoms with Crippen molar-refractivity contribution in [1.29, 1.82) is 0 Å². The Hall–Kier alpha value is -1.12. The smallest absolute Gasteiger partial charge is 0.492 e. The van der Waals surface area contributed by atoms with Crippen molar-refractivity contribution in [3.8, 4) is 11.5 Å². The summed E-state index contributed by atoms with van der Waals surface area (Å²) in [7, 11) is 2.47. The van der Waals surface area contributed by atoms with Crippen LogP contribution in [0.1, 0.15) is 0 Å². The highest BCUT2D eigenvalue weighted by Gasteiger charge is 2.31. The van der Waals surface area contributed by atoms with E-state index >= 15 is 0 Å². The van der Waals surface area contributed by atoms with Gasteiger partial charge in [-0.3, -0.25) is 0 Å². The van der Waals surface area contributed by atoms with Gasteiger partial charge in [0.25, 0.3) is 0 Å². The monoisotopic (exact) mass is 215 g/mol. The zero-order valence-corrected chi connectivity index (χ0v) is 9.21. The normalized spacial score (nSPS) is 10.9. The fraction of sp³-hybridized carbons (Fsp3) is 0.333. The fourth-order valence-electron chi connectivity index (χ4n) is 1.10. The molecule has 0 saturated carbocycles. The van der Waals surface area contributed by atoms with E-state index in [1.54, 1.807) is 18.2 Å². The number of ether oxygens (including phenoxy) is 2. The molecule has 1 aromatic rings. The second kappa shape index (κ2) is 4.94. The van der Waals surface area contributed by atoms with Gasteiger partial charge in [-0.15, -0.1) is 4.52 Å². The summed E-state index contributed by atoms with van der Waals surface area (Å²) >= 11 is 0. The Balaban J connectivity index is 3.25. The minimum Gasteiger partial charge on any atom is -0.492 e. The number of rotatable bonds is 4. The second-order valence-electron chi connectivity index (χ2n) is 2.45. The maximum absolute atomic E-state index is 11.5. The predicted molar refractivity (Wildman–Crippen MR) is 53.8 cm³/mol. The average molecular weight is 215 g/mol. The molecule has 5 heteroatoms.